The van der Waals surface area contributed by atoms with Gasteiger partial charge in [-0.25, -0.2) is 0 Å². The van der Waals surface area contributed by atoms with Crippen molar-refractivity contribution in [1.82, 2.24) is 5.32 Å². The summed E-state index contributed by atoms with van der Waals surface area (Å²) in [7, 11) is 2.00. The Kier molecular flexibility index (Phi) is 3.97. The van der Waals surface area contributed by atoms with Crippen molar-refractivity contribution in [3.05, 3.63) is 34.9 Å². The Labute approximate surface area is 121 Å². The second-order valence-electron chi connectivity index (χ2n) is 6.56. The minimum absolute atomic E-state index is 0.0788. The Morgan fingerprint density at radius 1 is 1.26 bits per heavy atom. The summed E-state index contributed by atoms with van der Waals surface area (Å²) in [5, 5.41) is 4.25. The smallest absolute Gasteiger partial charge is 0.0681 e. The molecule has 0 bridgehead atoms. The van der Waals surface area contributed by atoms with Gasteiger partial charge in [0.05, 0.1) is 11.2 Å². The molecule has 2 rings (SSSR count). The highest BCUT2D eigenvalue weighted by Gasteiger charge is 2.49. The van der Waals surface area contributed by atoms with Crippen molar-refractivity contribution >= 4 is 11.6 Å². The topological polar surface area (TPSA) is 21.3 Å². The molecule has 2 nitrogen and oxygen atoms in total. The van der Waals surface area contributed by atoms with Gasteiger partial charge < -0.3 is 10.1 Å². The van der Waals surface area contributed by atoms with E-state index >= 15 is 0 Å². The molecule has 0 saturated carbocycles. The van der Waals surface area contributed by atoms with Crippen molar-refractivity contribution in [2.24, 2.45) is 5.92 Å². The van der Waals surface area contributed by atoms with Crippen molar-refractivity contribution in [3.63, 3.8) is 0 Å². The van der Waals surface area contributed by atoms with E-state index in [1.807, 2.05) is 25.2 Å². The van der Waals surface area contributed by atoms with Gasteiger partial charge in [-0.1, -0.05) is 29.8 Å². The normalized spacial score (nSPS) is 26.3. The van der Waals surface area contributed by atoms with Crippen LogP contribution < -0.4 is 5.32 Å². The number of hydrogen-bond donors (Lipinski definition) is 1. The average Bonchev–Trinajstić information content (AvgIpc) is 2.51. The van der Waals surface area contributed by atoms with E-state index in [0.717, 1.165) is 17.0 Å². The molecule has 3 heteroatoms. The summed E-state index contributed by atoms with van der Waals surface area (Å²) >= 11 is 6.36. The standard InChI is InChI=1S/C16H24ClNO/c1-15(2)10-12(16(3,4)19-15)14(18-5)11-8-6-7-9-13(11)17/h6-9,12,14,18H,10H2,1-5H3. The summed E-state index contributed by atoms with van der Waals surface area (Å²) in [6.07, 6.45) is 1.02. The quantitative estimate of drug-likeness (QED) is 0.897. The highest BCUT2D eigenvalue weighted by atomic mass is 35.5. The molecule has 2 atom stereocenters. The highest BCUT2D eigenvalue weighted by Crippen LogP contribution is 2.48. The van der Waals surface area contributed by atoms with Crippen LogP contribution in [0.4, 0.5) is 0 Å². The third-order valence-corrected chi connectivity index (χ3v) is 4.44. The van der Waals surface area contributed by atoms with E-state index in [4.69, 9.17) is 16.3 Å². The number of nitrogens with one attached hydrogen (secondary N) is 1. The van der Waals surface area contributed by atoms with E-state index in [1.54, 1.807) is 0 Å². The first kappa shape index (κ1) is 14.8. The molecule has 1 fully saturated rings. The highest BCUT2D eigenvalue weighted by molar-refractivity contribution is 6.31. The zero-order valence-electron chi connectivity index (χ0n) is 12.5. The van der Waals surface area contributed by atoms with Gasteiger partial charge in [0.1, 0.15) is 0 Å². The zero-order chi connectivity index (χ0) is 14.3. The van der Waals surface area contributed by atoms with Gasteiger partial charge in [-0.05, 0) is 52.8 Å². The van der Waals surface area contributed by atoms with Crippen LogP contribution in [0, 0.1) is 5.92 Å². The number of halogens is 1. The van der Waals surface area contributed by atoms with Crippen LogP contribution in [0.2, 0.25) is 5.02 Å². The number of rotatable bonds is 3. The third-order valence-electron chi connectivity index (χ3n) is 4.10. The van der Waals surface area contributed by atoms with Crippen LogP contribution in [-0.2, 0) is 4.74 Å². The average molecular weight is 282 g/mol. The molecule has 19 heavy (non-hydrogen) atoms. The monoisotopic (exact) mass is 281 g/mol. The summed E-state index contributed by atoms with van der Waals surface area (Å²) in [5.41, 5.74) is 0.923. The van der Waals surface area contributed by atoms with E-state index in [0.29, 0.717) is 5.92 Å². The van der Waals surface area contributed by atoms with Gasteiger partial charge in [-0.15, -0.1) is 0 Å². The lowest BCUT2D eigenvalue weighted by molar-refractivity contribution is -0.0776. The SMILES string of the molecule is CNC(c1ccccc1Cl)C1CC(C)(C)OC1(C)C. The molecule has 1 aromatic rings. The van der Waals surface area contributed by atoms with Crippen LogP contribution in [0.1, 0.15) is 45.7 Å². The molecule has 0 amide bonds. The molecule has 106 valence electrons. The molecule has 1 aliphatic rings. The third kappa shape index (κ3) is 2.96. The number of ether oxygens (including phenoxy) is 1. The Morgan fingerprint density at radius 2 is 1.89 bits per heavy atom. The lowest BCUT2D eigenvalue weighted by Gasteiger charge is -2.33. The maximum atomic E-state index is 6.36. The Morgan fingerprint density at radius 3 is 2.37 bits per heavy atom. The van der Waals surface area contributed by atoms with Crippen molar-refractivity contribution in [2.45, 2.75) is 51.4 Å². The lowest BCUT2D eigenvalue weighted by atomic mass is 9.79. The van der Waals surface area contributed by atoms with Gasteiger partial charge >= 0.3 is 0 Å². The van der Waals surface area contributed by atoms with Gasteiger partial charge in [0, 0.05) is 17.0 Å². The van der Waals surface area contributed by atoms with Crippen molar-refractivity contribution in [2.75, 3.05) is 7.05 Å². The zero-order valence-corrected chi connectivity index (χ0v) is 13.2. The van der Waals surface area contributed by atoms with E-state index < -0.39 is 0 Å². The first-order valence-electron chi connectivity index (χ1n) is 6.89. The molecule has 2 unspecified atom stereocenters. The van der Waals surface area contributed by atoms with E-state index in [2.05, 4.69) is 39.1 Å². The summed E-state index contributed by atoms with van der Waals surface area (Å²) in [5.74, 6) is 0.396. The van der Waals surface area contributed by atoms with Crippen LogP contribution >= 0.6 is 11.6 Å². The molecular formula is C16H24ClNO. The number of benzene rings is 1. The fraction of sp³-hybridized carbons (Fsp3) is 0.625. The van der Waals surface area contributed by atoms with Crippen LogP contribution in [-0.4, -0.2) is 18.2 Å². The maximum absolute atomic E-state index is 6.36. The van der Waals surface area contributed by atoms with Crippen molar-refractivity contribution in [3.8, 4) is 0 Å². The van der Waals surface area contributed by atoms with Crippen molar-refractivity contribution < 1.29 is 4.74 Å². The lowest BCUT2D eigenvalue weighted by Crippen LogP contribution is -2.37. The number of hydrogen-bond acceptors (Lipinski definition) is 2. The largest absolute Gasteiger partial charge is 0.369 e. The van der Waals surface area contributed by atoms with Crippen LogP contribution in [0.3, 0.4) is 0 Å². The molecule has 1 heterocycles. The van der Waals surface area contributed by atoms with Crippen molar-refractivity contribution in [1.29, 1.82) is 0 Å². The van der Waals surface area contributed by atoms with E-state index in [-0.39, 0.29) is 17.2 Å². The summed E-state index contributed by atoms with van der Waals surface area (Å²) < 4.78 is 6.21. The van der Waals surface area contributed by atoms with Gasteiger partial charge in [0.2, 0.25) is 0 Å². The van der Waals surface area contributed by atoms with Gasteiger partial charge in [-0.3, -0.25) is 0 Å². The molecule has 1 aliphatic heterocycles. The fourth-order valence-corrected chi connectivity index (χ4v) is 3.68. The first-order chi connectivity index (χ1) is 8.77. The maximum Gasteiger partial charge on any atom is 0.0681 e. The molecule has 0 aromatic heterocycles. The van der Waals surface area contributed by atoms with Gasteiger partial charge in [0.15, 0.2) is 0 Å². The molecular weight excluding hydrogens is 258 g/mol. The molecule has 0 radical (unpaired) electrons. The van der Waals surface area contributed by atoms with Crippen LogP contribution in [0.25, 0.3) is 0 Å². The second-order valence-corrected chi connectivity index (χ2v) is 6.97. The minimum atomic E-state index is -0.156. The predicted molar refractivity (Wildman–Crippen MR) is 80.6 cm³/mol. The van der Waals surface area contributed by atoms with E-state index in [1.165, 1.54) is 0 Å². The van der Waals surface area contributed by atoms with Gasteiger partial charge in [-0.2, -0.15) is 0 Å². The summed E-state index contributed by atoms with van der Waals surface area (Å²) in [6.45, 7) is 8.67. The molecule has 0 spiro atoms. The summed E-state index contributed by atoms with van der Waals surface area (Å²) in [6, 6.07) is 8.28. The predicted octanol–water partition coefficient (Wildman–Crippen LogP) is 4.19. The molecule has 1 aromatic carbocycles. The van der Waals surface area contributed by atoms with Gasteiger partial charge in [0.25, 0.3) is 0 Å². The van der Waals surface area contributed by atoms with Crippen LogP contribution in [0.5, 0.6) is 0 Å². The fourth-order valence-electron chi connectivity index (χ4n) is 3.42. The molecule has 0 aliphatic carbocycles. The summed E-state index contributed by atoms with van der Waals surface area (Å²) in [4.78, 5) is 0. The first-order valence-corrected chi connectivity index (χ1v) is 7.26. The second kappa shape index (κ2) is 5.08. The Balaban J connectivity index is 2.36. The minimum Gasteiger partial charge on any atom is -0.369 e. The van der Waals surface area contributed by atoms with E-state index in [9.17, 15) is 0 Å². The Bertz CT molecular complexity index is 456. The molecule has 1 saturated heterocycles. The molecule has 1 N–H and O–H groups in total. The van der Waals surface area contributed by atoms with Crippen LogP contribution in [0.15, 0.2) is 24.3 Å². The Hall–Kier alpha value is -0.570.